The van der Waals surface area contributed by atoms with Crippen LogP contribution in [0.25, 0.3) is 11.8 Å². The molecule has 1 unspecified atom stereocenters. The molecular weight excluding hydrogens is 487 g/mol. The smallest absolute Gasteiger partial charge is 0.175 e. The van der Waals surface area contributed by atoms with Gasteiger partial charge in [-0.3, -0.25) is 10.9 Å². The molecule has 1 saturated carbocycles. The van der Waals surface area contributed by atoms with E-state index in [1.54, 1.807) is 12.3 Å². The number of halogens is 2. The largest absolute Gasteiger partial charge is 0.355 e. The molecular formula is C24H22ClFN8S. The van der Waals surface area contributed by atoms with E-state index in [9.17, 15) is 4.39 Å². The van der Waals surface area contributed by atoms with Crippen LogP contribution < -0.4 is 21.5 Å². The average Bonchev–Trinajstić information content (AvgIpc) is 3.18. The predicted octanol–water partition coefficient (Wildman–Crippen LogP) is 3.47. The third-order valence-electron chi connectivity index (χ3n) is 7.93. The first-order chi connectivity index (χ1) is 17.1. The Bertz CT molecular complexity index is 1410. The fraction of sp³-hybridized carbons (Fsp3) is 0.333. The number of benzene rings is 1. The molecule has 4 aliphatic rings. The Labute approximate surface area is 210 Å². The number of hydrogen-bond acceptors (Lipinski definition) is 9. The number of nitrogens with two attached hydrogens (primary N) is 1. The maximum Gasteiger partial charge on any atom is 0.175 e. The van der Waals surface area contributed by atoms with Crippen molar-refractivity contribution in [2.45, 2.75) is 17.2 Å². The molecule has 4 N–H and O–H groups in total. The van der Waals surface area contributed by atoms with Crippen LogP contribution in [0, 0.1) is 17.7 Å². The first-order valence-corrected chi connectivity index (χ1v) is 12.8. The van der Waals surface area contributed by atoms with Crippen LogP contribution in [-0.2, 0) is 5.41 Å². The van der Waals surface area contributed by atoms with Gasteiger partial charge in [0.25, 0.3) is 0 Å². The second kappa shape index (κ2) is 7.71. The highest BCUT2D eigenvalue weighted by atomic mass is 35.5. The summed E-state index contributed by atoms with van der Waals surface area (Å²) in [5.74, 6) is 1.97. The van der Waals surface area contributed by atoms with Crippen molar-refractivity contribution in [3.8, 4) is 0 Å². The zero-order chi connectivity index (χ0) is 23.7. The number of rotatable bonds is 3. The molecule has 1 aromatic carbocycles. The SMILES string of the molecule is NC[C@]1(c2ccccc2F)[C@@H]2CCN(c3cnc4c(n3)NNC4=C3C=Cc4nsnc4C3Cl)C[C@@H]21. The van der Waals surface area contributed by atoms with E-state index < -0.39 is 5.38 Å². The molecule has 0 amide bonds. The minimum atomic E-state index is -0.415. The number of nitrogens with zero attached hydrogens (tertiary/aromatic N) is 5. The minimum Gasteiger partial charge on any atom is -0.355 e. The number of allylic oxidation sites excluding steroid dienone is 2. The quantitative estimate of drug-likeness (QED) is 0.462. The second-order valence-corrected chi connectivity index (χ2v) is 10.4. The van der Waals surface area contributed by atoms with Crippen LogP contribution in [0.4, 0.5) is 16.0 Å². The van der Waals surface area contributed by atoms with E-state index in [1.165, 1.54) is 6.07 Å². The lowest BCUT2D eigenvalue weighted by atomic mass is 9.91. The van der Waals surface area contributed by atoms with Crippen molar-refractivity contribution in [2.24, 2.45) is 17.6 Å². The van der Waals surface area contributed by atoms with Crippen molar-refractivity contribution in [1.82, 2.24) is 24.1 Å². The molecule has 0 radical (unpaired) electrons. The summed E-state index contributed by atoms with van der Waals surface area (Å²) in [5.41, 5.74) is 17.0. The van der Waals surface area contributed by atoms with E-state index in [0.29, 0.717) is 24.2 Å². The molecule has 35 heavy (non-hydrogen) atoms. The number of fused-ring (bicyclic) bond motifs is 3. The molecule has 4 heterocycles. The zero-order valence-corrected chi connectivity index (χ0v) is 20.2. The Morgan fingerprint density at radius 2 is 2.09 bits per heavy atom. The maximum absolute atomic E-state index is 14.7. The lowest BCUT2D eigenvalue weighted by Crippen LogP contribution is -2.33. The topological polar surface area (TPSA) is 105 Å². The Hall–Kier alpha value is -3.08. The van der Waals surface area contributed by atoms with E-state index in [4.69, 9.17) is 27.3 Å². The van der Waals surface area contributed by atoms with Gasteiger partial charge in [-0.1, -0.05) is 24.3 Å². The van der Waals surface area contributed by atoms with E-state index in [0.717, 1.165) is 71.0 Å². The van der Waals surface area contributed by atoms with Crippen LogP contribution in [-0.4, -0.2) is 38.3 Å². The predicted molar refractivity (Wildman–Crippen MR) is 134 cm³/mol. The number of anilines is 2. The van der Waals surface area contributed by atoms with Crippen molar-refractivity contribution in [3.05, 3.63) is 70.6 Å². The standard InChI is InChI=1S/C24H22ClFN8S/c25-19-12(5-6-17-21(19)33-35-32-17)20-22-23(31-30-20)29-18(9-28-22)34-8-7-13-15(10-34)24(13,11-27)14-3-1-2-4-16(14)26/h1-6,9,13,15,19,30H,7-8,10-11,27H2,(H,29,31)/t13-,15+,19?,24-/m1/s1. The summed E-state index contributed by atoms with van der Waals surface area (Å²) in [6.45, 7) is 2.05. The highest BCUT2D eigenvalue weighted by Crippen LogP contribution is 2.63. The minimum absolute atomic E-state index is 0.165. The zero-order valence-electron chi connectivity index (χ0n) is 18.6. The summed E-state index contributed by atoms with van der Waals surface area (Å²) in [5, 5.41) is -0.415. The maximum atomic E-state index is 14.7. The molecule has 1 saturated heterocycles. The molecule has 2 aliphatic carbocycles. The first-order valence-electron chi connectivity index (χ1n) is 11.6. The van der Waals surface area contributed by atoms with E-state index in [1.807, 2.05) is 24.3 Å². The van der Waals surface area contributed by atoms with Crippen molar-refractivity contribution in [2.75, 3.05) is 30.0 Å². The van der Waals surface area contributed by atoms with Crippen molar-refractivity contribution >= 4 is 46.7 Å². The molecule has 2 aliphatic heterocycles. The summed E-state index contributed by atoms with van der Waals surface area (Å²) >= 11 is 7.87. The van der Waals surface area contributed by atoms with Gasteiger partial charge in [0.1, 0.15) is 34.1 Å². The Morgan fingerprint density at radius 1 is 1.20 bits per heavy atom. The van der Waals surface area contributed by atoms with Gasteiger partial charge in [-0.2, -0.15) is 8.75 Å². The number of hydrazine groups is 1. The van der Waals surface area contributed by atoms with Gasteiger partial charge in [0.15, 0.2) is 5.82 Å². The Morgan fingerprint density at radius 3 is 2.94 bits per heavy atom. The van der Waals surface area contributed by atoms with Crippen LogP contribution >= 0.6 is 23.3 Å². The molecule has 7 rings (SSSR count). The van der Waals surface area contributed by atoms with Crippen LogP contribution in [0.2, 0.25) is 0 Å². The van der Waals surface area contributed by atoms with Crippen molar-refractivity contribution < 1.29 is 4.39 Å². The summed E-state index contributed by atoms with van der Waals surface area (Å²) in [7, 11) is 0. The fourth-order valence-corrected chi connectivity index (χ4v) is 7.10. The van der Waals surface area contributed by atoms with Crippen molar-refractivity contribution in [3.63, 3.8) is 0 Å². The third kappa shape index (κ3) is 3.00. The van der Waals surface area contributed by atoms with E-state index >= 15 is 0 Å². The molecule has 4 atom stereocenters. The molecule has 3 aromatic rings. The lowest BCUT2D eigenvalue weighted by Gasteiger charge is -2.27. The van der Waals surface area contributed by atoms with Gasteiger partial charge in [-0.15, -0.1) is 11.6 Å². The summed E-state index contributed by atoms with van der Waals surface area (Å²) < 4.78 is 23.3. The average molecular weight is 509 g/mol. The van der Waals surface area contributed by atoms with Crippen molar-refractivity contribution in [1.29, 1.82) is 0 Å². The number of nitrogens with one attached hydrogen (secondary N) is 2. The normalized spacial score (nSPS) is 30.3. The molecule has 0 bridgehead atoms. The van der Waals surface area contributed by atoms with Gasteiger partial charge in [-0.25, -0.2) is 14.4 Å². The van der Waals surface area contributed by atoms with E-state index in [-0.39, 0.29) is 11.2 Å². The van der Waals surface area contributed by atoms with Gasteiger partial charge >= 0.3 is 0 Å². The number of hydrogen-bond donors (Lipinski definition) is 3. The molecule has 11 heteroatoms. The summed E-state index contributed by atoms with van der Waals surface area (Å²) in [4.78, 5) is 11.8. The van der Waals surface area contributed by atoms with Gasteiger partial charge in [0.2, 0.25) is 0 Å². The van der Waals surface area contributed by atoms with E-state index in [2.05, 4.69) is 24.5 Å². The molecule has 8 nitrogen and oxygen atoms in total. The van der Waals surface area contributed by atoms with Crippen LogP contribution in [0.5, 0.6) is 0 Å². The summed E-state index contributed by atoms with van der Waals surface area (Å²) in [6.07, 6.45) is 6.61. The Balaban J connectivity index is 1.16. The molecule has 0 spiro atoms. The van der Waals surface area contributed by atoms with Crippen LogP contribution in [0.15, 0.2) is 42.1 Å². The van der Waals surface area contributed by atoms with Crippen LogP contribution in [0.3, 0.4) is 0 Å². The monoisotopic (exact) mass is 508 g/mol. The highest BCUT2D eigenvalue weighted by molar-refractivity contribution is 6.99. The summed E-state index contributed by atoms with van der Waals surface area (Å²) in [6, 6.07) is 7.05. The van der Waals surface area contributed by atoms with Crippen LogP contribution in [0.1, 0.15) is 34.4 Å². The second-order valence-electron chi connectivity index (χ2n) is 9.41. The number of aromatic nitrogens is 4. The first kappa shape index (κ1) is 21.2. The molecule has 2 fully saturated rings. The third-order valence-corrected chi connectivity index (χ3v) is 8.93. The fourth-order valence-electron chi connectivity index (χ4n) is 6.13. The number of piperidine rings is 1. The highest BCUT2D eigenvalue weighted by Gasteiger charge is 2.66. The van der Waals surface area contributed by atoms with Gasteiger partial charge < -0.3 is 10.6 Å². The van der Waals surface area contributed by atoms with Gasteiger partial charge in [0, 0.05) is 30.6 Å². The number of alkyl halides is 1. The lowest BCUT2D eigenvalue weighted by molar-refractivity contribution is 0.533. The van der Waals surface area contributed by atoms with Gasteiger partial charge in [0.05, 0.1) is 23.6 Å². The molecule has 2 aromatic heterocycles. The molecule has 178 valence electrons. The van der Waals surface area contributed by atoms with Gasteiger partial charge in [-0.05, 0) is 36.0 Å². The Kier molecular flexibility index (Phi) is 4.67.